The average molecular weight is 553 g/mol. The molecule has 1 saturated heterocycles. The van der Waals surface area contributed by atoms with E-state index in [1.807, 2.05) is 0 Å². The van der Waals surface area contributed by atoms with E-state index in [1.165, 1.54) is 18.2 Å². The van der Waals surface area contributed by atoms with Crippen LogP contribution in [0.4, 0.5) is 27.6 Å². The Morgan fingerprint density at radius 3 is 2.53 bits per heavy atom. The zero-order chi connectivity index (χ0) is 27.2. The topological polar surface area (TPSA) is 76.7 Å². The third kappa shape index (κ3) is 5.09. The van der Waals surface area contributed by atoms with E-state index in [4.69, 9.17) is 21.1 Å². The van der Waals surface area contributed by atoms with Crippen LogP contribution in [0.2, 0.25) is 5.02 Å². The third-order valence-corrected chi connectivity index (χ3v) is 6.55. The normalized spacial score (nSPS) is 19.2. The summed E-state index contributed by atoms with van der Waals surface area (Å²) in [5.41, 5.74) is -0.920. The van der Waals surface area contributed by atoms with Crippen molar-refractivity contribution in [1.29, 1.82) is 0 Å². The van der Waals surface area contributed by atoms with Gasteiger partial charge in [-0.2, -0.15) is 13.2 Å². The van der Waals surface area contributed by atoms with E-state index in [0.29, 0.717) is 24.3 Å². The van der Waals surface area contributed by atoms with Gasteiger partial charge in [0.05, 0.1) is 31.4 Å². The number of hydrogen-bond donors (Lipinski definition) is 2. The second-order valence-electron chi connectivity index (χ2n) is 8.72. The van der Waals surface area contributed by atoms with Gasteiger partial charge < -0.3 is 20.1 Å². The number of alkyl halides is 3. The predicted molar refractivity (Wildman–Crippen MR) is 126 cm³/mol. The van der Waals surface area contributed by atoms with Crippen molar-refractivity contribution in [3.05, 3.63) is 98.6 Å². The van der Waals surface area contributed by atoms with Crippen molar-refractivity contribution in [2.45, 2.75) is 18.3 Å². The van der Waals surface area contributed by atoms with Crippen LogP contribution in [0.5, 0.6) is 0 Å². The maximum absolute atomic E-state index is 14.1. The largest absolute Gasteiger partial charge is 0.416 e. The lowest BCUT2D eigenvalue weighted by Crippen LogP contribution is -2.23. The summed E-state index contributed by atoms with van der Waals surface area (Å²) in [5, 5.41) is 5.34. The molecule has 0 radical (unpaired) electrons. The van der Waals surface area contributed by atoms with Crippen molar-refractivity contribution in [2.24, 2.45) is 0 Å². The van der Waals surface area contributed by atoms with Crippen molar-refractivity contribution in [1.82, 2.24) is 5.32 Å². The molecular formula is C26H18ClF5N2O4. The smallest absolute Gasteiger partial charge is 0.376 e. The summed E-state index contributed by atoms with van der Waals surface area (Å²) in [5.74, 6) is -3.48. The average Bonchev–Trinajstić information content (AvgIpc) is 3.21. The molecule has 0 aliphatic carbocycles. The number of benzene rings is 3. The Balaban J connectivity index is 1.62. The number of carbonyl (C=O) groups is 2. The van der Waals surface area contributed by atoms with Gasteiger partial charge in [0.15, 0.2) is 0 Å². The molecule has 3 aromatic carbocycles. The molecule has 198 valence electrons. The van der Waals surface area contributed by atoms with Crippen molar-refractivity contribution in [3.63, 3.8) is 0 Å². The monoisotopic (exact) mass is 552 g/mol. The standard InChI is InChI=1S/C26H18ClF5N2O4/c27-19-2-1-15(28)10-17(19)23-22-18(25(36)34-23)7-12(21-11-37-3-4-38-21)8-20(22)33-24(35)13-5-14(26(30,31)32)9-16(29)6-13/h1-2,5-10,21,23H,3-4,11H2,(H,33,35)(H,34,36). The van der Waals surface area contributed by atoms with Crippen molar-refractivity contribution >= 4 is 29.1 Å². The first-order chi connectivity index (χ1) is 18.0. The summed E-state index contributed by atoms with van der Waals surface area (Å²) in [6.45, 7) is 0.805. The molecule has 2 aliphatic rings. The number of ether oxygens (including phenoxy) is 2. The highest BCUT2D eigenvalue weighted by Gasteiger charge is 2.36. The highest BCUT2D eigenvalue weighted by atomic mass is 35.5. The fourth-order valence-corrected chi connectivity index (χ4v) is 4.70. The van der Waals surface area contributed by atoms with Gasteiger partial charge in [-0.15, -0.1) is 0 Å². The molecule has 0 spiro atoms. The molecule has 2 aliphatic heterocycles. The van der Waals surface area contributed by atoms with Crippen LogP contribution in [0, 0.1) is 11.6 Å². The Hall–Kier alpha value is -3.54. The molecule has 12 heteroatoms. The van der Waals surface area contributed by atoms with E-state index in [2.05, 4.69) is 10.6 Å². The van der Waals surface area contributed by atoms with Gasteiger partial charge in [0, 0.05) is 33.0 Å². The van der Waals surface area contributed by atoms with Crippen molar-refractivity contribution in [3.8, 4) is 0 Å². The van der Waals surface area contributed by atoms with Crippen LogP contribution in [0.25, 0.3) is 0 Å². The number of rotatable bonds is 4. The molecule has 2 atom stereocenters. The molecule has 3 aromatic rings. The second-order valence-corrected chi connectivity index (χ2v) is 9.12. The quantitative estimate of drug-likeness (QED) is 0.401. The third-order valence-electron chi connectivity index (χ3n) is 6.20. The van der Waals surface area contributed by atoms with Crippen LogP contribution in [-0.2, 0) is 15.7 Å². The molecule has 2 heterocycles. The first-order valence-electron chi connectivity index (χ1n) is 11.3. The number of hydrogen-bond acceptors (Lipinski definition) is 4. The number of fused-ring (bicyclic) bond motifs is 1. The summed E-state index contributed by atoms with van der Waals surface area (Å²) in [6, 6.07) is 7.06. The molecule has 0 saturated carbocycles. The van der Waals surface area contributed by atoms with Crippen LogP contribution in [-0.4, -0.2) is 31.6 Å². The lowest BCUT2D eigenvalue weighted by atomic mass is 9.93. The molecule has 0 bridgehead atoms. The van der Waals surface area contributed by atoms with Crippen LogP contribution in [0.15, 0.2) is 48.5 Å². The van der Waals surface area contributed by atoms with E-state index in [1.54, 1.807) is 0 Å². The summed E-state index contributed by atoms with van der Waals surface area (Å²) in [4.78, 5) is 26.1. The van der Waals surface area contributed by atoms with Crippen LogP contribution in [0.3, 0.4) is 0 Å². The Morgan fingerprint density at radius 2 is 1.82 bits per heavy atom. The van der Waals surface area contributed by atoms with E-state index < -0.39 is 52.9 Å². The Morgan fingerprint density at radius 1 is 1.03 bits per heavy atom. The van der Waals surface area contributed by atoms with Gasteiger partial charge in [-0.25, -0.2) is 8.78 Å². The first kappa shape index (κ1) is 26.1. The van der Waals surface area contributed by atoms with Crippen molar-refractivity contribution < 1.29 is 41.0 Å². The minimum absolute atomic E-state index is 0.0261. The molecule has 2 unspecified atom stereocenters. The highest BCUT2D eigenvalue weighted by Crippen LogP contribution is 2.41. The summed E-state index contributed by atoms with van der Waals surface area (Å²) < 4.78 is 78.9. The zero-order valence-electron chi connectivity index (χ0n) is 19.3. The van der Waals surface area contributed by atoms with Gasteiger partial charge in [-0.1, -0.05) is 11.6 Å². The maximum Gasteiger partial charge on any atom is 0.416 e. The Kier molecular flexibility index (Phi) is 6.84. The van der Waals surface area contributed by atoms with Gasteiger partial charge in [0.1, 0.15) is 17.7 Å². The number of anilines is 1. The highest BCUT2D eigenvalue weighted by molar-refractivity contribution is 6.31. The molecule has 1 fully saturated rings. The molecule has 6 nitrogen and oxygen atoms in total. The fraction of sp³-hybridized carbons (Fsp3) is 0.231. The Labute approximate surface area is 217 Å². The van der Waals surface area contributed by atoms with Gasteiger partial charge in [0.2, 0.25) is 0 Å². The van der Waals surface area contributed by atoms with Crippen LogP contribution >= 0.6 is 11.6 Å². The van der Waals surface area contributed by atoms with E-state index in [-0.39, 0.29) is 46.7 Å². The van der Waals surface area contributed by atoms with Crippen LogP contribution in [0.1, 0.15) is 55.1 Å². The Bertz CT molecular complexity index is 1440. The van der Waals surface area contributed by atoms with Gasteiger partial charge in [-0.05, 0) is 54.1 Å². The van der Waals surface area contributed by atoms with Gasteiger partial charge >= 0.3 is 6.18 Å². The summed E-state index contributed by atoms with van der Waals surface area (Å²) in [6.07, 6.45) is -5.48. The minimum Gasteiger partial charge on any atom is -0.376 e. The van der Waals surface area contributed by atoms with Crippen molar-refractivity contribution in [2.75, 3.05) is 25.1 Å². The molecule has 2 N–H and O–H groups in total. The van der Waals surface area contributed by atoms with E-state index in [9.17, 15) is 31.5 Å². The molecule has 38 heavy (non-hydrogen) atoms. The maximum atomic E-state index is 14.1. The van der Waals surface area contributed by atoms with E-state index >= 15 is 0 Å². The molecular weight excluding hydrogens is 535 g/mol. The van der Waals surface area contributed by atoms with E-state index in [0.717, 1.165) is 12.1 Å². The number of nitrogens with one attached hydrogen (secondary N) is 2. The lowest BCUT2D eigenvalue weighted by molar-refractivity contribution is -0.137. The number of amides is 2. The van der Waals surface area contributed by atoms with Gasteiger partial charge in [0.25, 0.3) is 11.8 Å². The predicted octanol–water partition coefficient (Wildman–Crippen LogP) is 5.81. The number of halogens is 6. The SMILES string of the molecule is O=C(Nc1cc(C2COCCO2)cc2c1C(c1cc(F)ccc1Cl)NC2=O)c1cc(F)cc(C(F)(F)F)c1. The molecule has 5 rings (SSSR count). The number of carbonyl (C=O) groups excluding carboxylic acids is 2. The summed E-state index contributed by atoms with van der Waals surface area (Å²) >= 11 is 6.28. The zero-order valence-corrected chi connectivity index (χ0v) is 20.1. The first-order valence-corrected chi connectivity index (χ1v) is 11.7. The lowest BCUT2D eigenvalue weighted by Gasteiger charge is -2.25. The fourth-order valence-electron chi connectivity index (χ4n) is 4.47. The van der Waals surface area contributed by atoms with Crippen LogP contribution < -0.4 is 10.6 Å². The van der Waals surface area contributed by atoms with Gasteiger partial charge in [-0.3, -0.25) is 9.59 Å². The summed E-state index contributed by atoms with van der Waals surface area (Å²) in [7, 11) is 0. The second kappa shape index (κ2) is 9.97. The molecule has 2 amide bonds. The minimum atomic E-state index is -4.88. The molecule has 0 aromatic heterocycles.